The quantitative estimate of drug-likeness (QED) is 0.540. The molecule has 0 aliphatic rings. The second-order valence-electron chi connectivity index (χ2n) is 6.84. The third-order valence-electron chi connectivity index (χ3n) is 4.62. The normalized spacial score (nSPS) is 12.1. The van der Waals surface area contributed by atoms with Crippen LogP contribution in [0.5, 0.6) is 0 Å². The number of carbonyl (C=O) groups is 2. The molecule has 10 nitrogen and oxygen atoms in total. The van der Waals surface area contributed by atoms with E-state index in [9.17, 15) is 26.4 Å². The van der Waals surface area contributed by atoms with Gasteiger partial charge in [0, 0.05) is 38.3 Å². The molecule has 2 amide bonds. The van der Waals surface area contributed by atoms with Crippen LogP contribution in [-0.2, 0) is 20.0 Å². The van der Waals surface area contributed by atoms with Crippen molar-refractivity contribution in [1.82, 2.24) is 19.5 Å². The number of nitrogens with one attached hydrogen (secondary N) is 2. The molecule has 0 aromatic heterocycles. The molecule has 2 aromatic rings. The van der Waals surface area contributed by atoms with E-state index in [1.165, 1.54) is 66.9 Å². The first-order valence-corrected chi connectivity index (χ1v) is 12.6. The smallest absolute Gasteiger partial charge is 0.267 e. The maximum absolute atomic E-state index is 12.5. The Morgan fingerprint density at radius 1 is 0.750 bits per heavy atom. The van der Waals surface area contributed by atoms with Gasteiger partial charge in [-0.15, -0.1) is 0 Å². The number of hydrazine groups is 1. The second-order valence-corrected chi connectivity index (χ2v) is 10.9. The highest BCUT2D eigenvalue weighted by Crippen LogP contribution is 2.17. The van der Waals surface area contributed by atoms with Gasteiger partial charge in [-0.3, -0.25) is 20.4 Å². The Kier molecular flexibility index (Phi) is 8.13. The van der Waals surface area contributed by atoms with Crippen molar-refractivity contribution in [2.75, 3.05) is 27.2 Å². The van der Waals surface area contributed by atoms with Crippen LogP contribution >= 0.6 is 0 Å². The van der Waals surface area contributed by atoms with E-state index >= 15 is 0 Å². The van der Waals surface area contributed by atoms with E-state index in [0.717, 1.165) is 4.31 Å². The molecule has 0 spiro atoms. The number of sulfonamides is 2. The maximum atomic E-state index is 12.5. The Morgan fingerprint density at radius 2 is 1.28 bits per heavy atom. The van der Waals surface area contributed by atoms with Gasteiger partial charge in [0.05, 0.1) is 9.79 Å². The van der Waals surface area contributed by atoms with Crippen LogP contribution in [0, 0.1) is 0 Å². The van der Waals surface area contributed by atoms with E-state index in [0.29, 0.717) is 13.1 Å². The zero-order valence-electron chi connectivity index (χ0n) is 18.2. The Bertz CT molecular complexity index is 1190. The Labute approximate surface area is 188 Å². The van der Waals surface area contributed by atoms with Crippen molar-refractivity contribution >= 4 is 31.9 Å². The van der Waals surface area contributed by atoms with E-state index in [1.807, 2.05) is 0 Å². The molecule has 2 N–H and O–H groups in total. The third kappa shape index (κ3) is 5.51. The monoisotopic (exact) mass is 482 g/mol. The molecule has 0 unspecified atom stereocenters. The molecule has 0 aliphatic carbocycles. The number of benzene rings is 2. The minimum Gasteiger partial charge on any atom is -0.267 e. The summed E-state index contributed by atoms with van der Waals surface area (Å²) in [6, 6.07) is 10.7. The SMILES string of the molecule is CCN(CC)S(=O)(=O)c1ccc(C(=O)NNC(=O)c2cccc(S(=O)(=O)N(C)C)c2)cc1. The van der Waals surface area contributed by atoms with Crippen molar-refractivity contribution in [3.05, 3.63) is 59.7 Å². The lowest BCUT2D eigenvalue weighted by Gasteiger charge is -2.18. The molecule has 0 heterocycles. The number of hydrogen-bond acceptors (Lipinski definition) is 6. The number of hydrogen-bond donors (Lipinski definition) is 2. The van der Waals surface area contributed by atoms with E-state index in [-0.39, 0.29) is 20.9 Å². The lowest BCUT2D eigenvalue weighted by molar-refractivity contribution is 0.0846. The zero-order valence-corrected chi connectivity index (χ0v) is 19.8. The standard InChI is InChI=1S/C20H26N4O6S2/c1-5-24(6-2)32(29,30)17-12-10-15(11-13-17)19(25)21-22-20(26)16-8-7-9-18(14-16)31(27,28)23(3)4/h7-14H,5-6H2,1-4H3,(H,21,25)(H,22,26). The van der Waals surface area contributed by atoms with Crippen LogP contribution in [-0.4, -0.2) is 64.4 Å². The first kappa shape index (κ1) is 25.5. The van der Waals surface area contributed by atoms with Gasteiger partial charge in [0.2, 0.25) is 20.0 Å². The second kappa shape index (κ2) is 10.2. The predicted octanol–water partition coefficient (Wildman–Crippen LogP) is 1.04. The molecule has 0 saturated carbocycles. The van der Waals surface area contributed by atoms with Gasteiger partial charge < -0.3 is 0 Å². The number of carbonyl (C=O) groups excluding carboxylic acids is 2. The van der Waals surface area contributed by atoms with Gasteiger partial charge in [-0.25, -0.2) is 21.1 Å². The molecule has 12 heteroatoms. The Morgan fingerprint density at radius 3 is 1.78 bits per heavy atom. The molecule has 0 bridgehead atoms. The number of nitrogens with zero attached hydrogens (tertiary/aromatic N) is 2. The van der Waals surface area contributed by atoms with Crippen LogP contribution in [0.25, 0.3) is 0 Å². The first-order valence-electron chi connectivity index (χ1n) is 9.68. The lowest BCUT2D eigenvalue weighted by atomic mass is 10.2. The summed E-state index contributed by atoms with van der Waals surface area (Å²) in [5.41, 5.74) is 4.60. The van der Waals surface area contributed by atoms with Crippen LogP contribution in [0.2, 0.25) is 0 Å². The topological polar surface area (TPSA) is 133 Å². The van der Waals surface area contributed by atoms with Crippen LogP contribution in [0.1, 0.15) is 34.6 Å². The summed E-state index contributed by atoms with van der Waals surface area (Å²) >= 11 is 0. The van der Waals surface area contributed by atoms with Crippen molar-refractivity contribution in [3.63, 3.8) is 0 Å². The molecule has 0 fully saturated rings. The van der Waals surface area contributed by atoms with Gasteiger partial charge in [-0.2, -0.15) is 4.31 Å². The summed E-state index contributed by atoms with van der Waals surface area (Å²) in [6.07, 6.45) is 0. The van der Waals surface area contributed by atoms with Crippen molar-refractivity contribution in [3.8, 4) is 0 Å². The minimum atomic E-state index is -3.72. The van der Waals surface area contributed by atoms with Crippen LogP contribution in [0.4, 0.5) is 0 Å². The Hall–Kier alpha value is -2.80. The number of amides is 2. The summed E-state index contributed by atoms with van der Waals surface area (Å²) in [4.78, 5) is 24.6. The van der Waals surface area contributed by atoms with E-state index in [1.54, 1.807) is 13.8 Å². The molecule has 0 aliphatic heterocycles. The molecule has 0 saturated heterocycles. The van der Waals surface area contributed by atoms with Crippen molar-refractivity contribution in [1.29, 1.82) is 0 Å². The summed E-state index contributed by atoms with van der Waals surface area (Å²) < 4.78 is 51.8. The van der Waals surface area contributed by atoms with Gasteiger partial charge >= 0.3 is 0 Å². The minimum absolute atomic E-state index is 0.0360. The highest BCUT2D eigenvalue weighted by molar-refractivity contribution is 7.89. The van der Waals surface area contributed by atoms with Crippen LogP contribution < -0.4 is 10.9 Å². The molecule has 32 heavy (non-hydrogen) atoms. The van der Waals surface area contributed by atoms with E-state index < -0.39 is 31.9 Å². The fraction of sp³-hybridized carbons (Fsp3) is 0.300. The summed E-state index contributed by atoms with van der Waals surface area (Å²) in [5, 5.41) is 0. The molecule has 0 atom stereocenters. The summed E-state index contributed by atoms with van der Waals surface area (Å²) in [7, 11) is -4.62. The van der Waals surface area contributed by atoms with Gasteiger partial charge in [-0.1, -0.05) is 19.9 Å². The first-order chi connectivity index (χ1) is 14.9. The zero-order chi connectivity index (χ0) is 24.1. The van der Waals surface area contributed by atoms with Crippen molar-refractivity contribution in [2.45, 2.75) is 23.6 Å². The molecular weight excluding hydrogens is 456 g/mol. The summed E-state index contributed by atoms with van der Waals surface area (Å²) in [5.74, 6) is -1.38. The lowest BCUT2D eigenvalue weighted by Crippen LogP contribution is -2.41. The van der Waals surface area contributed by atoms with E-state index in [4.69, 9.17) is 0 Å². The molecular formula is C20H26N4O6S2. The average molecular weight is 483 g/mol. The fourth-order valence-electron chi connectivity index (χ4n) is 2.76. The fourth-order valence-corrected chi connectivity index (χ4v) is 5.16. The highest BCUT2D eigenvalue weighted by Gasteiger charge is 2.22. The maximum Gasteiger partial charge on any atom is 0.269 e. The molecule has 0 radical (unpaired) electrons. The predicted molar refractivity (Wildman–Crippen MR) is 119 cm³/mol. The Balaban J connectivity index is 2.09. The molecule has 174 valence electrons. The highest BCUT2D eigenvalue weighted by atomic mass is 32.2. The van der Waals surface area contributed by atoms with Gasteiger partial charge in [0.25, 0.3) is 11.8 Å². The van der Waals surface area contributed by atoms with Crippen molar-refractivity contribution in [2.24, 2.45) is 0 Å². The largest absolute Gasteiger partial charge is 0.269 e. The van der Waals surface area contributed by atoms with Crippen LogP contribution in [0.15, 0.2) is 58.3 Å². The molecule has 2 rings (SSSR count). The third-order valence-corrected chi connectivity index (χ3v) is 8.50. The van der Waals surface area contributed by atoms with Crippen LogP contribution in [0.3, 0.4) is 0 Å². The molecule has 2 aromatic carbocycles. The average Bonchev–Trinajstić information content (AvgIpc) is 2.77. The number of rotatable bonds is 8. The van der Waals surface area contributed by atoms with Gasteiger partial charge in [-0.05, 0) is 42.5 Å². The summed E-state index contributed by atoms with van der Waals surface area (Å²) in [6.45, 7) is 4.11. The van der Waals surface area contributed by atoms with Crippen molar-refractivity contribution < 1.29 is 26.4 Å². The van der Waals surface area contributed by atoms with Gasteiger partial charge in [0.15, 0.2) is 0 Å². The van der Waals surface area contributed by atoms with Gasteiger partial charge in [0.1, 0.15) is 0 Å². The van der Waals surface area contributed by atoms with E-state index in [2.05, 4.69) is 10.9 Å².